The molecule has 2 rings (SSSR count). The van der Waals surface area contributed by atoms with Crippen molar-refractivity contribution >= 4 is 17.4 Å². The molecule has 0 atom stereocenters. The maximum absolute atomic E-state index is 13.1. The van der Waals surface area contributed by atoms with E-state index in [0.29, 0.717) is 6.61 Å². The lowest BCUT2D eigenvalue weighted by Crippen LogP contribution is -2.49. The van der Waals surface area contributed by atoms with Gasteiger partial charge in [0.05, 0.1) is 24.3 Å². The number of nitrogens with zero attached hydrogens (tertiary/aromatic N) is 2. The van der Waals surface area contributed by atoms with Crippen LogP contribution in [0.1, 0.15) is 19.4 Å². The van der Waals surface area contributed by atoms with E-state index in [1.54, 1.807) is 0 Å². The number of hydrogen-bond donors (Lipinski definition) is 0. The van der Waals surface area contributed by atoms with Crippen molar-refractivity contribution in [2.75, 3.05) is 24.6 Å². The molecular weight excluding hydrogens is 243 g/mol. The minimum Gasteiger partial charge on any atom is -0.372 e. The first-order valence-electron chi connectivity index (χ1n) is 5.61. The molecule has 94 valence electrons. The Bertz CT molecular complexity index is 411. The molecule has 1 aromatic rings. The Morgan fingerprint density at radius 1 is 1.59 bits per heavy atom. The third-order valence-electron chi connectivity index (χ3n) is 2.78. The quantitative estimate of drug-likeness (QED) is 0.763. The summed E-state index contributed by atoms with van der Waals surface area (Å²) in [4.78, 5) is 6.25. The third kappa shape index (κ3) is 2.87. The molecule has 0 unspecified atom stereocenters. The van der Waals surface area contributed by atoms with Gasteiger partial charge < -0.3 is 9.64 Å². The highest BCUT2D eigenvalue weighted by Gasteiger charge is 2.28. The van der Waals surface area contributed by atoms with E-state index >= 15 is 0 Å². The number of rotatable bonds is 2. The number of ether oxygens (including phenoxy) is 1. The Labute approximate surface area is 106 Å². The summed E-state index contributed by atoms with van der Waals surface area (Å²) in [6.45, 7) is 6.20. The van der Waals surface area contributed by atoms with Crippen molar-refractivity contribution in [2.45, 2.75) is 25.3 Å². The van der Waals surface area contributed by atoms with Crippen LogP contribution >= 0.6 is 11.6 Å². The summed E-state index contributed by atoms with van der Waals surface area (Å²) < 4.78 is 18.7. The zero-order chi connectivity index (χ0) is 12.5. The first-order chi connectivity index (χ1) is 8.02. The van der Waals surface area contributed by atoms with Crippen LogP contribution in [0.4, 0.5) is 10.2 Å². The lowest BCUT2D eigenvalue weighted by Gasteiger charge is -2.39. The highest BCUT2D eigenvalue weighted by Crippen LogP contribution is 2.25. The first-order valence-corrected chi connectivity index (χ1v) is 6.14. The molecule has 1 saturated heterocycles. The largest absolute Gasteiger partial charge is 0.372 e. The number of alkyl halides is 1. The van der Waals surface area contributed by atoms with E-state index in [2.05, 4.69) is 9.88 Å². The van der Waals surface area contributed by atoms with Crippen LogP contribution < -0.4 is 4.90 Å². The van der Waals surface area contributed by atoms with Gasteiger partial charge in [0.2, 0.25) is 0 Å². The molecular formula is C12H16ClFN2O. The monoisotopic (exact) mass is 258 g/mol. The summed E-state index contributed by atoms with van der Waals surface area (Å²) in [5.74, 6) is 0.674. The summed E-state index contributed by atoms with van der Waals surface area (Å²) in [6, 6.07) is 1.44. The Morgan fingerprint density at radius 2 is 2.35 bits per heavy atom. The van der Waals surface area contributed by atoms with E-state index in [9.17, 15) is 4.39 Å². The number of anilines is 1. The minimum atomic E-state index is -0.350. The zero-order valence-electron chi connectivity index (χ0n) is 10.0. The standard InChI is InChI=1S/C12H16ClFN2O/c1-12(2)8-16(3-4-17-12)11-9(6-13)5-10(14)7-15-11/h5,7H,3-4,6,8H2,1-2H3. The molecule has 0 aliphatic carbocycles. The Balaban J connectivity index is 2.27. The summed E-state index contributed by atoms with van der Waals surface area (Å²) in [5.41, 5.74) is 0.516. The van der Waals surface area contributed by atoms with Crippen molar-refractivity contribution in [2.24, 2.45) is 0 Å². The Kier molecular flexibility index (Phi) is 3.54. The second-order valence-electron chi connectivity index (χ2n) is 4.80. The van der Waals surface area contributed by atoms with Crippen molar-refractivity contribution in [3.63, 3.8) is 0 Å². The van der Waals surface area contributed by atoms with Gasteiger partial charge in [0.15, 0.2) is 0 Å². The third-order valence-corrected chi connectivity index (χ3v) is 3.07. The fourth-order valence-corrected chi connectivity index (χ4v) is 2.25. The van der Waals surface area contributed by atoms with Crippen LogP contribution in [0.25, 0.3) is 0 Å². The summed E-state index contributed by atoms with van der Waals surface area (Å²) in [7, 11) is 0. The van der Waals surface area contributed by atoms with Crippen LogP contribution in [-0.4, -0.2) is 30.3 Å². The highest BCUT2D eigenvalue weighted by molar-refractivity contribution is 6.17. The highest BCUT2D eigenvalue weighted by atomic mass is 35.5. The lowest BCUT2D eigenvalue weighted by atomic mass is 10.1. The minimum absolute atomic E-state index is 0.210. The second-order valence-corrected chi connectivity index (χ2v) is 5.07. The summed E-state index contributed by atoms with van der Waals surface area (Å²) in [5, 5.41) is 0. The number of pyridine rings is 1. The molecule has 0 saturated carbocycles. The molecule has 0 amide bonds. The summed E-state index contributed by atoms with van der Waals surface area (Å²) in [6.07, 6.45) is 1.23. The van der Waals surface area contributed by atoms with Gasteiger partial charge in [-0.2, -0.15) is 0 Å². The van der Waals surface area contributed by atoms with Crippen LogP contribution in [0, 0.1) is 5.82 Å². The normalized spacial score (nSPS) is 19.4. The van der Waals surface area contributed by atoms with E-state index in [1.165, 1.54) is 12.3 Å². The molecule has 2 heterocycles. The lowest BCUT2D eigenvalue weighted by molar-refractivity contribution is -0.0279. The van der Waals surface area contributed by atoms with Crippen molar-refractivity contribution < 1.29 is 9.13 Å². The van der Waals surface area contributed by atoms with Gasteiger partial charge >= 0.3 is 0 Å². The zero-order valence-corrected chi connectivity index (χ0v) is 10.8. The van der Waals surface area contributed by atoms with E-state index in [-0.39, 0.29) is 17.3 Å². The molecule has 5 heteroatoms. The molecule has 0 spiro atoms. The maximum Gasteiger partial charge on any atom is 0.141 e. The fourth-order valence-electron chi connectivity index (χ4n) is 2.05. The molecule has 3 nitrogen and oxygen atoms in total. The first kappa shape index (κ1) is 12.6. The van der Waals surface area contributed by atoms with Gasteiger partial charge in [0.1, 0.15) is 11.6 Å². The van der Waals surface area contributed by atoms with Crippen molar-refractivity contribution in [3.8, 4) is 0 Å². The predicted molar refractivity (Wildman–Crippen MR) is 66.0 cm³/mol. The topological polar surface area (TPSA) is 25.4 Å². The number of aromatic nitrogens is 1. The average molecular weight is 259 g/mol. The summed E-state index contributed by atoms with van der Waals surface area (Å²) >= 11 is 5.83. The van der Waals surface area contributed by atoms with Crippen LogP contribution in [0.5, 0.6) is 0 Å². The van der Waals surface area contributed by atoms with Crippen molar-refractivity contribution in [3.05, 3.63) is 23.6 Å². The van der Waals surface area contributed by atoms with Crippen molar-refractivity contribution in [1.82, 2.24) is 4.98 Å². The van der Waals surface area contributed by atoms with Crippen LogP contribution in [0.2, 0.25) is 0 Å². The molecule has 1 aliphatic heterocycles. The van der Waals surface area contributed by atoms with E-state index < -0.39 is 0 Å². The van der Waals surface area contributed by atoms with Gasteiger partial charge in [-0.05, 0) is 19.9 Å². The number of halogens is 2. The fraction of sp³-hybridized carbons (Fsp3) is 0.583. The molecule has 0 radical (unpaired) electrons. The van der Waals surface area contributed by atoms with Gasteiger partial charge in [-0.3, -0.25) is 0 Å². The Hall–Kier alpha value is -0.870. The number of morpholine rings is 1. The molecule has 17 heavy (non-hydrogen) atoms. The van der Waals surface area contributed by atoms with E-state index in [0.717, 1.165) is 24.5 Å². The Morgan fingerprint density at radius 3 is 3.00 bits per heavy atom. The van der Waals surface area contributed by atoms with Gasteiger partial charge in [-0.1, -0.05) is 0 Å². The van der Waals surface area contributed by atoms with Gasteiger partial charge in [-0.25, -0.2) is 9.37 Å². The van der Waals surface area contributed by atoms with Crippen LogP contribution in [0.3, 0.4) is 0 Å². The molecule has 1 aliphatic rings. The average Bonchev–Trinajstić information content (AvgIpc) is 2.27. The molecule has 1 aromatic heterocycles. The molecule has 0 N–H and O–H groups in total. The van der Waals surface area contributed by atoms with Crippen LogP contribution in [-0.2, 0) is 10.6 Å². The molecule has 0 aromatic carbocycles. The maximum atomic E-state index is 13.1. The predicted octanol–water partition coefficient (Wildman–Crippen LogP) is 2.57. The van der Waals surface area contributed by atoms with Gasteiger partial charge in [-0.15, -0.1) is 11.6 Å². The van der Waals surface area contributed by atoms with Crippen molar-refractivity contribution in [1.29, 1.82) is 0 Å². The number of hydrogen-bond acceptors (Lipinski definition) is 3. The molecule has 0 bridgehead atoms. The van der Waals surface area contributed by atoms with Gasteiger partial charge in [0.25, 0.3) is 0 Å². The smallest absolute Gasteiger partial charge is 0.141 e. The second kappa shape index (κ2) is 4.78. The van der Waals surface area contributed by atoms with E-state index in [1.807, 2.05) is 13.8 Å². The van der Waals surface area contributed by atoms with E-state index in [4.69, 9.17) is 16.3 Å². The molecule has 1 fully saturated rings. The van der Waals surface area contributed by atoms with Crippen LogP contribution in [0.15, 0.2) is 12.3 Å². The van der Waals surface area contributed by atoms with Gasteiger partial charge in [0, 0.05) is 18.7 Å². The SMILES string of the molecule is CC1(C)CN(c2ncc(F)cc2CCl)CCO1.